The molecule has 0 atom stereocenters. The molecule has 3 nitrogen and oxygen atoms in total. The van der Waals surface area contributed by atoms with E-state index in [0.717, 1.165) is 22.9 Å². The molecule has 0 aliphatic rings. The fourth-order valence-corrected chi connectivity index (χ4v) is 2.14. The van der Waals surface area contributed by atoms with Crippen molar-refractivity contribution in [1.82, 2.24) is 4.98 Å². The number of aromatic nitrogens is 1. The highest BCUT2D eigenvalue weighted by Gasteiger charge is 1.99. The Bertz CT molecular complexity index is 711. The smallest absolute Gasteiger partial charge is 0.119 e. The molecule has 3 aromatic rings. The number of hydrogen-bond acceptors (Lipinski definition) is 3. The number of hydrogen-bond donors (Lipinski definition) is 1. The number of fused-ring (bicyclic) bond motifs is 1. The van der Waals surface area contributed by atoms with Gasteiger partial charge in [-0.3, -0.25) is 4.98 Å². The van der Waals surface area contributed by atoms with E-state index in [2.05, 4.69) is 4.98 Å². The Morgan fingerprint density at radius 1 is 0.900 bits per heavy atom. The summed E-state index contributed by atoms with van der Waals surface area (Å²) in [7, 11) is 0. The van der Waals surface area contributed by atoms with Crippen molar-refractivity contribution in [2.75, 3.05) is 6.61 Å². The summed E-state index contributed by atoms with van der Waals surface area (Å²) in [5.74, 6) is 1.09. The lowest BCUT2D eigenvalue weighted by Gasteiger charge is -2.07. The van der Waals surface area contributed by atoms with Gasteiger partial charge in [-0.1, -0.05) is 12.1 Å². The van der Waals surface area contributed by atoms with Crippen LogP contribution in [0.2, 0.25) is 0 Å². The number of phenols is 1. The predicted molar refractivity (Wildman–Crippen MR) is 79.0 cm³/mol. The van der Waals surface area contributed by atoms with E-state index in [1.807, 2.05) is 36.4 Å². The molecular weight excluding hydrogens is 250 g/mol. The summed E-state index contributed by atoms with van der Waals surface area (Å²) in [6, 6.07) is 15.2. The molecule has 0 radical (unpaired) electrons. The molecule has 20 heavy (non-hydrogen) atoms. The molecular formula is C17H15NO2. The molecule has 3 rings (SSSR count). The topological polar surface area (TPSA) is 42.4 Å². The molecule has 3 heteroatoms. The summed E-state index contributed by atoms with van der Waals surface area (Å²) in [5, 5.41) is 11.6. The van der Waals surface area contributed by atoms with Gasteiger partial charge in [-0.05, 0) is 52.7 Å². The standard InChI is InChI=1S/C17H15NO2/c19-16-3-1-14-2-4-17(12-15(14)11-16)20-10-7-13-5-8-18-9-6-13/h1-6,8-9,11-12,19H,7,10H2. The first-order valence-electron chi connectivity index (χ1n) is 6.56. The van der Waals surface area contributed by atoms with Crippen LogP contribution in [0.25, 0.3) is 10.8 Å². The van der Waals surface area contributed by atoms with Crippen LogP contribution in [0.5, 0.6) is 11.5 Å². The van der Waals surface area contributed by atoms with Crippen molar-refractivity contribution < 1.29 is 9.84 Å². The van der Waals surface area contributed by atoms with Crippen molar-refractivity contribution in [2.45, 2.75) is 6.42 Å². The molecule has 0 amide bonds. The van der Waals surface area contributed by atoms with Gasteiger partial charge in [0.15, 0.2) is 0 Å². The Morgan fingerprint density at radius 2 is 1.70 bits per heavy atom. The summed E-state index contributed by atoms with van der Waals surface area (Å²) < 4.78 is 5.76. The van der Waals surface area contributed by atoms with E-state index in [-0.39, 0.29) is 5.75 Å². The van der Waals surface area contributed by atoms with Crippen LogP contribution in [0.4, 0.5) is 0 Å². The van der Waals surface area contributed by atoms with Gasteiger partial charge in [0, 0.05) is 18.8 Å². The third kappa shape index (κ3) is 2.88. The van der Waals surface area contributed by atoms with Gasteiger partial charge in [-0.15, -0.1) is 0 Å². The van der Waals surface area contributed by atoms with Crippen molar-refractivity contribution in [2.24, 2.45) is 0 Å². The number of pyridine rings is 1. The Balaban J connectivity index is 1.68. The summed E-state index contributed by atoms with van der Waals surface area (Å²) in [5.41, 5.74) is 1.21. The number of phenolic OH excluding ortho intramolecular Hbond substituents is 1. The van der Waals surface area contributed by atoms with E-state index < -0.39 is 0 Å². The van der Waals surface area contributed by atoms with Gasteiger partial charge in [0.2, 0.25) is 0 Å². The first-order valence-corrected chi connectivity index (χ1v) is 6.56. The number of benzene rings is 2. The van der Waals surface area contributed by atoms with Gasteiger partial charge < -0.3 is 9.84 Å². The summed E-state index contributed by atoms with van der Waals surface area (Å²) in [4.78, 5) is 3.99. The van der Waals surface area contributed by atoms with E-state index in [1.165, 1.54) is 5.56 Å². The average molecular weight is 265 g/mol. The van der Waals surface area contributed by atoms with Crippen LogP contribution in [0.3, 0.4) is 0 Å². The zero-order chi connectivity index (χ0) is 13.8. The van der Waals surface area contributed by atoms with Gasteiger partial charge in [-0.2, -0.15) is 0 Å². The Kier molecular flexibility index (Phi) is 3.50. The molecule has 1 aromatic heterocycles. The van der Waals surface area contributed by atoms with E-state index in [0.29, 0.717) is 6.61 Å². The second-order valence-corrected chi connectivity index (χ2v) is 4.65. The molecule has 0 fully saturated rings. The molecule has 0 bridgehead atoms. The molecule has 0 saturated carbocycles. The monoisotopic (exact) mass is 265 g/mol. The van der Waals surface area contributed by atoms with Gasteiger partial charge in [0.05, 0.1) is 6.61 Å². The number of ether oxygens (including phenoxy) is 1. The van der Waals surface area contributed by atoms with Crippen LogP contribution in [-0.2, 0) is 6.42 Å². The van der Waals surface area contributed by atoms with Crippen LogP contribution >= 0.6 is 0 Å². The lowest BCUT2D eigenvalue weighted by atomic mass is 10.1. The van der Waals surface area contributed by atoms with Crippen LogP contribution in [-0.4, -0.2) is 16.7 Å². The van der Waals surface area contributed by atoms with E-state index in [4.69, 9.17) is 4.74 Å². The fourth-order valence-electron chi connectivity index (χ4n) is 2.14. The summed E-state index contributed by atoms with van der Waals surface area (Å²) in [6.45, 7) is 0.619. The maximum atomic E-state index is 9.50. The molecule has 1 heterocycles. The van der Waals surface area contributed by atoms with E-state index >= 15 is 0 Å². The van der Waals surface area contributed by atoms with E-state index in [1.54, 1.807) is 24.5 Å². The van der Waals surface area contributed by atoms with Gasteiger partial charge in [0.25, 0.3) is 0 Å². The fraction of sp³-hybridized carbons (Fsp3) is 0.118. The zero-order valence-electron chi connectivity index (χ0n) is 11.0. The molecule has 1 N–H and O–H groups in total. The van der Waals surface area contributed by atoms with Crippen molar-refractivity contribution in [3.63, 3.8) is 0 Å². The van der Waals surface area contributed by atoms with Crippen LogP contribution in [0, 0.1) is 0 Å². The maximum Gasteiger partial charge on any atom is 0.119 e. The molecule has 0 aliphatic heterocycles. The minimum atomic E-state index is 0.270. The van der Waals surface area contributed by atoms with Gasteiger partial charge >= 0.3 is 0 Å². The number of nitrogens with zero attached hydrogens (tertiary/aromatic N) is 1. The van der Waals surface area contributed by atoms with Crippen molar-refractivity contribution >= 4 is 10.8 Å². The molecule has 0 aliphatic carbocycles. The predicted octanol–water partition coefficient (Wildman–Crippen LogP) is 3.56. The highest BCUT2D eigenvalue weighted by atomic mass is 16.5. The molecule has 0 unspecified atom stereocenters. The van der Waals surface area contributed by atoms with Gasteiger partial charge in [0.1, 0.15) is 11.5 Å². The first-order chi connectivity index (χ1) is 9.81. The lowest BCUT2D eigenvalue weighted by Crippen LogP contribution is -2.01. The van der Waals surface area contributed by atoms with Crippen LogP contribution in [0.1, 0.15) is 5.56 Å². The van der Waals surface area contributed by atoms with Crippen molar-refractivity contribution in [3.05, 3.63) is 66.5 Å². The largest absolute Gasteiger partial charge is 0.508 e. The van der Waals surface area contributed by atoms with Crippen LogP contribution < -0.4 is 4.74 Å². The normalized spacial score (nSPS) is 10.6. The molecule has 0 spiro atoms. The molecule has 100 valence electrons. The number of rotatable bonds is 4. The summed E-state index contributed by atoms with van der Waals surface area (Å²) in [6.07, 6.45) is 4.42. The molecule has 2 aromatic carbocycles. The van der Waals surface area contributed by atoms with Crippen molar-refractivity contribution in [1.29, 1.82) is 0 Å². The molecule has 0 saturated heterocycles. The first kappa shape index (κ1) is 12.5. The third-order valence-corrected chi connectivity index (χ3v) is 3.20. The summed E-state index contributed by atoms with van der Waals surface area (Å²) >= 11 is 0. The minimum Gasteiger partial charge on any atom is -0.508 e. The highest BCUT2D eigenvalue weighted by Crippen LogP contribution is 2.24. The third-order valence-electron chi connectivity index (χ3n) is 3.20. The second kappa shape index (κ2) is 5.61. The minimum absolute atomic E-state index is 0.270. The average Bonchev–Trinajstić information content (AvgIpc) is 2.48. The van der Waals surface area contributed by atoms with Gasteiger partial charge in [-0.25, -0.2) is 0 Å². The zero-order valence-corrected chi connectivity index (χ0v) is 11.0. The maximum absolute atomic E-state index is 9.50. The Labute approximate surface area is 117 Å². The van der Waals surface area contributed by atoms with Crippen molar-refractivity contribution in [3.8, 4) is 11.5 Å². The Morgan fingerprint density at radius 3 is 2.55 bits per heavy atom. The SMILES string of the molecule is Oc1ccc2ccc(OCCc3ccncc3)cc2c1. The number of aromatic hydroxyl groups is 1. The Hall–Kier alpha value is -2.55. The lowest BCUT2D eigenvalue weighted by molar-refractivity contribution is 0.322. The quantitative estimate of drug-likeness (QED) is 0.784. The van der Waals surface area contributed by atoms with E-state index in [9.17, 15) is 5.11 Å². The van der Waals surface area contributed by atoms with Crippen LogP contribution in [0.15, 0.2) is 60.9 Å². The second-order valence-electron chi connectivity index (χ2n) is 4.65. The highest BCUT2D eigenvalue weighted by molar-refractivity contribution is 5.85.